The van der Waals surface area contributed by atoms with Gasteiger partial charge >= 0.3 is 5.69 Å². The molecule has 0 radical (unpaired) electrons. The van der Waals surface area contributed by atoms with Gasteiger partial charge in [-0.15, -0.1) is 0 Å². The van der Waals surface area contributed by atoms with Gasteiger partial charge in [-0.3, -0.25) is 22.9 Å². The Morgan fingerprint density at radius 2 is 1.65 bits per heavy atom. The summed E-state index contributed by atoms with van der Waals surface area (Å²) in [5, 5.41) is 0. The molecule has 0 atom stereocenters. The van der Waals surface area contributed by atoms with Gasteiger partial charge in [-0.05, 0) is 30.5 Å². The highest BCUT2D eigenvalue weighted by molar-refractivity contribution is 5.76. The van der Waals surface area contributed by atoms with Crippen molar-refractivity contribution in [3.8, 4) is 5.69 Å². The quantitative estimate of drug-likeness (QED) is 0.555. The normalized spacial score (nSPS) is 11.9. The second-order valence-corrected chi connectivity index (χ2v) is 7.01. The first-order chi connectivity index (χ1) is 12.3. The molecule has 4 aromatic rings. The molecule has 7 nitrogen and oxygen atoms in total. The van der Waals surface area contributed by atoms with Crippen molar-refractivity contribution in [1.82, 2.24) is 23.1 Å². The number of nitrogens with zero attached hydrogens (tertiary/aromatic N) is 5. The van der Waals surface area contributed by atoms with E-state index in [0.29, 0.717) is 22.9 Å². The molecule has 0 spiro atoms. The van der Waals surface area contributed by atoms with E-state index in [1.165, 1.54) is 17.2 Å². The fraction of sp³-hybridized carbons (Fsp3) is 0.316. The number of imidazole rings is 2. The number of hydrogen-bond acceptors (Lipinski definition) is 3. The van der Waals surface area contributed by atoms with E-state index in [1.807, 2.05) is 17.7 Å². The van der Waals surface area contributed by atoms with Gasteiger partial charge in [-0.1, -0.05) is 26.0 Å². The Morgan fingerprint density at radius 3 is 2.27 bits per heavy atom. The number of fused-ring (bicyclic) bond motifs is 3. The van der Waals surface area contributed by atoms with Crippen LogP contribution in [0.15, 0.2) is 40.1 Å². The van der Waals surface area contributed by atoms with Crippen LogP contribution in [0, 0.1) is 6.92 Å². The molecule has 0 N–H and O–H groups in total. The average Bonchev–Trinajstić information content (AvgIpc) is 3.12. The second-order valence-electron chi connectivity index (χ2n) is 7.01. The number of hydrogen-bond donors (Lipinski definition) is 0. The van der Waals surface area contributed by atoms with Crippen LogP contribution >= 0.6 is 0 Å². The summed E-state index contributed by atoms with van der Waals surface area (Å²) < 4.78 is 6.28. The van der Waals surface area contributed by atoms with E-state index in [0.717, 1.165) is 15.9 Å². The van der Waals surface area contributed by atoms with Crippen LogP contribution in [-0.2, 0) is 14.1 Å². The largest absolute Gasteiger partial charge is 0.332 e. The summed E-state index contributed by atoms with van der Waals surface area (Å²) >= 11 is 0. The molecule has 0 saturated heterocycles. The van der Waals surface area contributed by atoms with E-state index in [9.17, 15) is 9.59 Å². The van der Waals surface area contributed by atoms with E-state index < -0.39 is 0 Å². The number of rotatable bonds is 2. The highest BCUT2D eigenvalue weighted by atomic mass is 16.2. The van der Waals surface area contributed by atoms with Gasteiger partial charge in [0.15, 0.2) is 11.2 Å². The highest BCUT2D eigenvalue weighted by Gasteiger charge is 2.19. The lowest BCUT2D eigenvalue weighted by atomic mass is 10.0. The number of aromatic nitrogens is 5. The minimum Gasteiger partial charge on any atom is -0.283 e. The molecule has 0 unspecified atom stereocenters. The van der Waals surface area contributed by atoms with Crippen LogP contribution in [0.5, 0.6) is 0 Å². The van der Waals surface area contributed by atoms with Gasteiger partial charge in [0, 0.05) is 31.7 Å². The maximum Gasteiger partial charge on any atom is 0.332 e. The molecule has 26 heavy (non-hydrogen) atoms. The van der Waals surface area contributed by atoms with Crippen molar-refractivity contribution in [3.63, 3.8) is 0 Å². The minimum atomic E-state index is -0.382. The zero-order valence-electron chi connectivity index (χ0n) is 15.5. The van der Waals surface area contributed by atoms with Gasteiger partial charge in [0.2, 0.25) is 5.78 Å². The zero-order valence-corrected chi connectivity index (χ0v) is 15.5. The van der Waals surface area contributed by atoms with Crippen molar-refractivity contribution >= 4 is 16.9 Å². The summed E-state index contributed by atoms with van der Waals surface area (Å²) in [6.45, 7) is 6.29. The van der Waals surface area contributed by atoms with E-state index >= 15 is 0 Å². The average molecular weight is 351 g/mol. The molecule has 4 rings (SSSR count). The van der Waals surface area contributed by atoms with Crippen molar-refractivity contribution in [1.29, 1.82) is 0 Å². The van der Waals surface area contributed by atoms with E-state index in [1.54, 1.807) is 11.4 Å². The number of aryl methyl sites for hydroxylation is 2. The van der Waals surface area contributed by atoms with Crippen LogP contribution in [0.25, 0.3) is 22.6 Å². The lowest BCUT2D eigenvalue weighted by Crippen LogP contribution is -2.37. The molecule has 7 heteroatoms. The minimum absolute atomic E-state index is 0.345. The molecule has 3 heterocycles. The zero-order chi connectivity index (χ0) is 18.7. The Labute approximate surface area is 149 Å². The Kier molecular flexibility index (Phi) is 3.44. The molecule has 0 saturated carbocycles. The van der Waals surface area contributed by atoms with Crippen molar-refractivity contribution in [2.24, 2.45) is 14.1 Å². The number of benzene rings is 1. The van der Waals surface area contributed by atoms with Crippen LogP contribution in [0.1, 0.15) is 31.0 Å². The summed E-state index contributed by atoms with van der Waals surface area (Å²) in [7, 11) is 3.11. The highest BCUT2D eigenvalue weighted by Crippen LogP contribution is 2.22. The fourth-order valence-electron chi connectivity index (χ4n) is 3.41. The molecular formula is C19H21N5O2. The predicted octanol–water partition coefficient (Wildman–Crippen LogP) is 2.11. The third kappa shape index (κ3) is 2.09. The second kappa shape index (κ2) is 5.45. The first-order valence-corrected chi connectivity index (χ1v) is 8.57. The van der Waals surface area contributed by atoms with Crippen LogP contribution in [0.2, 0.25) is 0 Å². The van der Waals surface area contributed by atoms with Crippen molar-refractivity contribution in [3.05, 3.63) is 62.6 Å². The van der Waals surface area contributed by atoms with Crippen molar-refractivity contribution < 1.29 is 0 Å². The summed E-state index contributed by atoms with van der Waals surface area (Å²) in [5.74, 6) is 1.08. The third-order valence-electron chi connectivity index (χ3n) is 4.96. The third-order valence-corrected chi connectivity index (χ3v) is 4.96. The van der Waals surface area contributed by atoms with Crippen LogP contribution in [0.4, 0.5) is 0 Å². The maximum absolute atomic E-state index is 12.6. The van der Waals surface area contributed by atoms with Gasteiger partial charge in [0.1, 0.15) is 0 Å². The summed E-state index contributed by atoms with van der Waals surface area (Å²) in [4.78, 5) is 29.4. The Balaban J connectivity index is 2.07. The van der Waals surface area contributed by atoms with Gasteiger partial charge in [-0.2, -0.15) is 4.98 Å². The smallest absolute Gasteiger partial charge is 0.283 e. The fourth-order valence-corrected chi connectivity index (χ4v) is 3.41. The summed E-state index contributed by atoms with van der Waals surface area (Å²) in [6.07, 6.45) is 1.88. The first-order valence-electron chi connectivity index (χ1n) is 8.57. The lowest BCUT2D eigenvalue weighted by molar-refractivity contribution is 0.708. The molecule has 0 fully saturated rings. The van der Waals surface area contributed by atoms with Gasteiger partial charge in [0.25, 0.3) is 5.56 Å². The summed E-state index contributed by atoms with van der Waals surface area (Å²) in [5.41, 5.74) is 3.27. The molecule has 0 aliphatic rings. The van der Waals surface area contributed by atoms with Crippen molar-refractivity contribution in [2.45, 2.75) is 26.7 Å². The standard InChI is InChI=1S/C19H21N5O2/c1-11(2)13-6-8-14(9-7-13)24-12(3)10-23-15-16(20-18(23)24)21(4)19(26)22(5)17(15)25/h6-11H,1-5H3. The molecule has 0 bridgehead atoms. The molecule has 0 amide bonds. The van der Waals surface area contributed by atoms with Gasteiger partial charge in [0.05, 0.1) is 0 Å². The van der Waals surface area contributed by atoms with Crippen LogP contribution in [-0.4, -0.2) is 23.1 Å². The predicted molar refractivity (Wildman–Crippen MR) is 101 cm³/mol. The molecule has 0 aliphatic heterocycles. The van der Waals surface area contributed by atoms with Gasteiger partial charge < -0.3 is 0 Å². The van der Waals surface area contributed by atoms with E-state index in [-0.39, 0.29) is 11.2 Å². The van der Waals surface area contributed by atoms with E-state index in [2.05, 4.69) is 43.1 Å². The van der Waals surface area contributed by atoms with Crippen LogP contribution < -0.4 is 11.2 Å². The molecule has 0 aliphatic carbocycles. The summed E-state index contributed by atoms with van der Waals surface area (Å²) in [6, 6.07) is 8.32. The first kappa shape index (κ1) is 16.4. The Bertz CT molecular complexity index is 1270. The van der Waals surface area contributed by atoms with Gasteiger partial charge in [-0.25, -0.2) is 4.79 Å². The monoisotopic (exact) mass is 351 g/mol. The topological polar surface area (TPSA) is 66.2 Å². The molecule has 1 aromatic carbocycles. The lowest BCUT2D eigenvalue weighted by Gasteiger charge is -2.09. The van der Waals surface area contributed by atoms with E-state index in [4.69, 9.17) is 0 Å². The molecular weight excluding hydrogens is 330 g/mol. The van der Waals surface area contributed by atoms with Crippen molar-refractivity contribution in [2.75, 3.05) is 0 Å². The Hall–Kier alpha value is -3.09. The molecule has 134 valence electrons. The van der Waals surface area contributed by atoms with Crippen LogP contribution in [0.3, 0.4) is 0 Å². The SMILES string of the molecule is Cc1cn2c3c(=O)n(C)c(=O)n(C)c3nc2n1-c1ccc(C(C)C)cc1. The Morgan fingerprint density at radius 1 is 1.00 bits per heavy atom. The maximum atomic E-state index is 12.6. The molecule has 3 aromatic heterocycles.